The topological polar surface area (TPSA) is 65.0 Å². The number of carbonyl (C=O) groups is 1. The molecule has 0 radical (unpaired) electrons. The van der Waals surface area contributed by atoms with Crippen LogP contribution in [0.3, 0.4) is 0 Å². The number of hydrogen-bond donors (Lipinski definition) is 1. The molecule has 7 heteroatoms. The molecule has 0 bridgehead atoms. The monoisotopic (exact) mass is 526 g/mol. The summed E-state index contributed by atoms with van der Waals surface area (Å²) in [7, 11) is -2.68. The Hall–Kier alpha value is -0.476. The average molecular weight is 527 g/mol. The van der Waals surface area contributed by atoms with Gasteiger partial charge in [0.15, 0.2) is 8.32 Å². The molecule has 2 rings (SSSR count). The number of methoxy groups -OCH3 is 1. The SMILES string of the molecule is COC(=O)[C@H]1[C@@H]2[C@@H](O)[C@H](C)[C@@H](O[Si](C(C)C)(C(C)C)C(C)C)[C@H]2C=C[C@H]1CO[Si](C)(C)C(C)(C)C. The van der Waals surface area contributed by atoms with Gasteiger partial charge >= 0.3 is 5.97 Å². The lowest BCUT2D eigenvalue weighted by atomic mass is 9.71. The van der Waals surface area contributed by atoms with Crippen LogP contribution in [0.2, 0.25) is 34.8 Å². The van der Waals surface area contributed by atoms with Crippen LogP contribution in [-0.2, 0) is 18.4 Å². The molecule has 0 unspecified atom stereocenters. The van der Waals surface area contributed by atoms with E-state index in [2.05, 4.69) is 94.5 Å². The lowest BCUT2D eigenvalue weighted by Crippen LogP contribution is -2.52. The number of hydrogen-bond acceptors (Lipinski definition) is 5. The Balaban J connectivity index is 2.44. The minimum atomic E-state index is -2.16. The summed E-state index contributed by atoms with van der Waals surface area (Å²) in [5.41, 5.74) is 1.38. The summed E-state index contributed by atoms with van der Waals surface area (Å²) in [4.78, 5) is 13.2. The van der Waals surface area contributed by atoms with Crippen LogP contribution in [0.25, 0.3) is 0 Å². The molecule has 0 aromatic rings. The Kier molecular flexibility index (Phi) is 9.75. The van der Waals surface area contributed by atoms with Gasteiger partial charge in [0.1, 0.15) is 0 Å². The largest absolute Gasteiger partial charge is 0.469 e. The predicted octanol–water partition coefficient (Wildman–Crippen LogP) is 6.79. The molecule has 1 fully saturated rings. The van der Waals surface area contributed by atoms with Crippen molar-refractivity contribution in [2.75, 3.05) is 13.7 Å². The van der Waals surface area contributed by atoms with E-state index in [1.54, 1.807) is 0 Å². The zero-order chi connectivity index (χ0) is 27.1. The van der Waals surface area contributed by atoms with E-state index in [9.17, 15) is 9.90 Å². The van der Waals surface area contributed by atoms with E-state index in [4.69, 9.17) is 13.6 Å². The molecule has 0 aromatic heterocycles. The fourth-order valence-corrected chi connectivity index (χ4v) is 13.4. The molecule has 0 saturated heterocycles. The van der Waals surface area contributed by atoms with Crippen molar-refractivity contribution in [1.29, 1.82) is 0 Å². The van der Waals surface area contributed by atoms with Gasteiger partial charge in [0.2, 0.25) is 8.32 Å². The molecule has 0 aliphatic heterocycles. The molecule has 35 heavy (non-hydrogen) atoms. The van der Waals surface area contributed by atoms with Crippen LogP contribution in [0.15, 0.2) is 12.2 Å². The van der Waals surface area contributed by atoms with Gasteiger partial charge in [0, 0.05) is 30.3 Å². The molecule has 5 nitrogen and oxygen atoms in total. The highest BCUT2D eigenvalue weighted by atomic mass is 28.4. The van der Waals surface area contributed by atoms with Crippen LogP contribution in [0, 0.1) is 29.6 Å². The second-order valence-electron chi connectivity index (χ2n) is 13.6. The van der Waals surface area contributed by atoms with Crippen molar-refractivity contribution in [3.05, 3.63) is 12.2 Å². The zero-order valence-electron chi connectivity index (χ0n) is 24.7. The number of esters is 1. The second-order valence-corrected chi connectivity index (χ2v) is 23.8. The van der Waals surface area contributed by atoms with Gasteiger partial charge in [0.05, 0.1) is 25.2 Å². The van der Waals surface area contributed by atoms with E-state index in [1.165, 1.54) is 7.11 Å². The Labute approximate surface area is 217 Å². The van der Waals surface area contributed by atoms with Crippen molar-refractivity contribution in [2.24, 2.45) is 29.6 Å². The van der Waals surface area contributed by atoms with Gasteiger partial charge in [-0.25, -0.2) is 0 Å². The summed E-state index contributed by atoms with van der Waals surface area (Å²) in [6, 6.07) is 0. The number of ether oxygens (including phenoxy) is 1. The van der Waals surface area contributed by atoms with Crippen LogP contribution in [0.1, 0.15) is 69.2 Å². The van der Waals surface area contributed by atoms with Crippen molar-refractivity contribution in [3.63, 3.8) is 0 Å². The van der Waals surface area contributed by atoms with Gasteiger partial charge < -0.3 is 18.7 Å². The normalized spacial score (nSPS) is 32.0. The molecule has 7 atom stereocenters. The molecule has 0 heterocycles. The minimum absolute atomic E-state index is 0.00338. The van der Waals surface area contributed by atoms with Gasteiger partial charge in [-0.15, -0.1) is 0 Å². The molecule has 2 aliphatic carbocycles. The highest BCUT2D eigenvalue weighted by molar-refractivity contribution is 6.77. The molecular formula is C28H54O5Si2. The number of aliphatic hydroxyl groups excluding tert-OH is 1. The first-order valence-electron chi connectivity index (χ1n) is 13.7. The lowest BCUT2D eigenvalue weighted by Gasteiger charge is -2.46. The van der Waals surface area contributed by atoms with Gasteiger partial charge in [-0.05, 0) is 34.8 Å². The quantitative estimate of drug-likeness (QED) is 0.204. The van der Waals surface area contributed by atoms with Gasteiger partial charge in [-0.1, -0.05) is 81.4 Å². The van der Waals surface area contributed by atoms with E-state index in [0.29, 0.717) is 23.2 Å². The highest BCUT2D eigenvalue weighted by Crippen LogP contribution is 2.53. The maximum Gasteiger partial charge on any atom is 0.309 e. The summed E-state index contributed by atoms with van der Waals surface area (Å²) in [5, 5.41) is 11.6. The summed E-state index contributed by atoms with van der Waals surface area (Å²) in [6.45, 7) is 27.5. The molecule has 0 aromatic carbocycles. The number of aliphatic hydroxyl groups is 1. The first kappa shape index (κ1) is 30.7. The summed E-state index contributed by atoms with van der Waals surface area (Å²) >= 11 is 0. The Bertz CT molecular complexity index is 733. The number of fused-ring (bicyclic) bond motifs is 1. The third kappa shape index (κ3) is 5.69. The van der Waals surface area contributed by atoms with Crippen molar-refractivity contribution < 1.29 is 23.5 Å². The van der Waals surface area contributed by atoms with Crippen molar-refractivity contribution in [2.45, 2.75) is 116 Å². The van der Waals surface area contributed by atoms with Gasteiger partial charge in [0.25, 0.3) is 0 Å². The summed E-state index contributed by atoms with van der Waals surface area (Å²) in [5.74, 6) is -1.07. The van der Waals surface area contributed by atoms with Crippen LogP contribution in [-0.4, -0.2) is 53.6 Å². The zero-order valence-corrected chi connectivity index (χ0v) is 26.7. The fraction of sp³-hybridized carbons (Fsp3) is 0.893. The second kappa shape index (κ2) is 11.1. The molecule has 0 spiro atoms. The first-order valence-corrected chi connectivity index (χ1v) is 18.7. The van der Waals surface area contributed by atoms with Crippen molar-refractivity contribution in [3.8, 4) is 0 Å². The van der Waals surface area contributed by atoms with Crippen LogP contribution >= 0.6 is 0 Å². The maximum absolute atomic E-state index is 13.2. The van der Waals surface area contributed by atoms with Crippen molar-refractivity contribution in [1.82, 2.24) is 0 Å². The Morgan fingerprint density at radius 1 is 1.00 bits per heavy atom. The smallest absolute Gasteiger partial charge is 0.309 e. The number of carbonyl (C=O) groups excluding carboxylic acids is 1. The average Bonchev–Trinajstić information content (AvgIpc) is 2.97. The van der Waals surface area contributed by atoms with E-state index >= 15 is 0 Å². The maximum atomic E-state index is 13.2. The van der Waals surface area contributed by atoms with Crippen LogP contribution < -0.4 is 0 Å². The molecule has 0 amide bonds. The molecular weight excluding hydrogens is 472 g/mol. The molecule has 1 saturated carbocycles. The predicted molar refractivity (Wildman–Crippen MR) is 149 cm³/mol. The third-order valence-corrected chi connectivity index (χ3v) is 20.3. The van der Waals surface area contributed by atoms with E-state index in [0.717, 1.165) is 0 Å². The Morgan fingerprint density at radius 3 is 1.94 bits per heavy atom. The molecule has 204 valence electrons. The van der Waals surface area contributed by atoms with Gasteiger partial charge in [-0.3, -0.25) is 4.79 Å². The van der Waals surface area contributed by atoms with Crippen LogP contribution in [0.5, 0.6) is 0 Å². The van der Waals surface area contributed by atoms with Crippen LogP contribution in [0.4, 0.5) is 0 Å². The number of rotatable bonds is 9. The summed E-state index contributed by atoms with van der Waals surface area (Å²) in [6.07, 6.45) is 3.66. The molecule has 1 N–H and O–H groups in total. The van der Waals surface area contributed by atoms with E-state index in [-0.39, 0.29) is 40.8 Å². The van der Waals surface area contributed by atoms with E-state index < -0.39 is 28.7 Å². The highest BCUT2D eigenvalue weighted by Gasteiger charge is 2.58. The molecule has 2 aliphatic rings. The van der Waals surface area contributed by atoms with E-state index in [1.807, 2.05) is 0 Å². The Morgan fingerprint density at radius 2 is 1.51 bits per heavy atom. The minimum Gasteiger partial charge on any atom is -0.469 e. The van der Waals surface area contributed by atoms with Gasteiger partial charge in [-0.2, -0.15) is 0 Å². The summed E-state index contributed by atoms with van der Waals surface area (Å²) < 4.78 is 19.1. The third-order valence-electron chi connectivity index (χ3n) is 9.70. The first-order chi connectivity index (χ1) is 15.9. The lowest BCUT2D eigenvalue weighted by molar-refractivity contribution is -0.152. The van der Waals surface area contributed by atoms with Crippen molar-refractivity contribution >= 4 is 22.6 Å². The standard InChI is InChI=1S/C28H54O5Si2/c1-17(2)35(18(3)4,19(5)6)33-26-20(7)25(29)24-22(26)15-14-21(23(24)27(30)31-11)16-32-34(12,13)28(8,9)10/h14-15,17-26,29H,16H2,1-13H3/t20-,21-,22-,23+,24+,25-,26+/m0/s1. The fourth-order valence-electron chi connectivity index (χ4n) is 6.69.